The molecule has 140 valence electrons. The molecule has 0 atom stereocenters. The van der Waals surface area contributed by atoms with Crippen LogP contribution >= 0.6 is 0 Å². The highest BCUT2D eigenvalue weighted by atomic mass is 32.2. The lowest BCUT2D eigenvalue weighted by Gasteiger charge is -2.15. The number of nitrogens with zero attached hydrogens (tertiary/aromatic N) is 1. The van der Waals surface area contributed by atoms with Gasteiger partial charge in [0.1, 0.15) is 6.61 Å². The topological polar surface area (TPSA) is 58.6 Å². The first-order valence-corrected chi connectivity index (χ1v) is 10.2. The van der Waals surface area contributed by atoms with Crippen molar-refractivity contribution in [3.63, 3.8) is 0 Å². The Morgan fingerprint density at radius 1 is 1.12 bits per heavy atom. The Kier molecular flexibility index (Phi) is 5.78. The fourth-order valence-electron chi connectivity index (χ4n) is 2.90. The molecule has 1 heterocycles. The molecule has 0 bridgehead atoms. The highest BCUT2D eigenvalue weighted by Gasteiger charge is 2.16. The van der Waals surface area contributed by atoms with Gasteiger partial charge in [-0.3, -0.25) is 9.62 Å². The van der Waals surface area contributed by atoms with Gasteiger partial charge in [-0.1, -0.05) is 17.7 Å². The summed E-state index contributed by atoms with van der Waals surface area (Å²) < 4.78 is 46.8. The van der Waals surface area contributed by atoms with E-state index in [0.29, 0.717) is 6.61 Å². The summed E-state index contributed by atoms with van der Waals surface area (Å²) in [5.41, 5.74) is 1.13. The molecule has 2 aromatic carbocycles. The molecule has 0 radical (unpaired) electrons. The highest BCUT2D eigenvalue weighted by Crippen LogP contribution is 2.23. The third-order valence-corrected chi connectivity index (χ3v) is 5.78. The van der Waals surface area contributed by atoms with Crippen molar-refractivity contribution in [2.24, 2.45) is 0 Å². The number of sulfonamides is 1. The Morgan fingerprint density at radius 3 is 2.46 bits per heavy atom. The zero-order valence-corrected chi connectivity index (χ0v) is 15.6. The van der Waals surface area contributed by atoms with E-state index in [-0.39, 0.29) is 16.3 Å². The molecule has 26 heavy (non-hydrogen) atoms. The van der Waals surface area contributed by atoms with Gasteiger partial charge in [-0.15, -0.1) is 0 Å². The molecule has 2 aromatic rings. The molecule has 5 nitrogen and oxygen atoms in total. The van der Waals surface area contributed by atoms with E-state index in [4.69, 9.17) is 4.74 Å². The minimum Gasteiger partial charge on any atom is -0.489 e. The first kappa shape index (κ1) is 18.7. The van der Waals surface area contributed by atoms with E-state index in [2.05, 4.69) is 9.62 Å². The average Bonchev–Trinajstić information content (AvgIpc) is 3.10. The third kappa shape index (κ3) is 4.74. The zero-order valence-electron chi connectivity index (χ0n) is 14.7. The van der Waals surface area contributed by atoms with Crippen molar-refractivity contribution in [2.75, 3.05) is 31.0 Å². The van der Waals surface area contributed by atoms with Gasteiger partial charge in [0.25, 0.3) is 10.0 Å². The predicted octanol–water partition coefficient (Wildman–Crippen LogP) is 3.41. The number of hydrogen-bond donors (Lipinski definition) is 1. The van der Waals surface area contributed by atoms with Gasteiger partial charge < -0.3 is 4.74 Å². The number of halogens is 1. The van der Waals surface area contributed by atoms with Gasteiger partial charge in [0.05, 0.1) is 10.6 Å². The van der Waals surface area contributed by atoms with Crippen molar-refractivity contribution >= 4 is 15.7 Å². The van der Waals surface area contributed by atoms with Crippen molar-refractivity contribution in [3.05, 3.63) is 53.8 Å². The van der Waals surface area contributed by atoms with Crippen LogP contribution in [0.25, 0.3) is 0 Å². The van der Waals surface area contributed by atoms with Gasteiger partial charge in [-0.25, -0.2) is 12.8 Å². The molecule has 0 saturated carbocycles. The Morgan fingerprint density at radius 2 is 1.81 bits per heavy atom. The second-order valence-electron chi connectivity index (χ2n) is 6.46. The summed E-state index contributed by atoms with van der Waals surface area (Å²) in [6.07, 6.45) is 2.40. The van der Waals surface area contributed by atoms with Crippen LogP contribution in [0.1, 0.15) is 18.4 Å². The lowest BCUT2D eigenvalue weighted by Crippen LogP contribution is -2.25. The van der Waals surface area contributed by atoms with Crippen LogP contribution in [-0.2, 0) is 10.0 Å². The number of nitrogens with one attached hydrogen (secondary N) is 1. The number of rotatable bonds is 7. The summed E-state index contributed by atoms with van der Waals surface area (Å²) in [6.45, 7) is 5.17. The van der Waals surface area contributed by atoms with Gasteiger partial charge in [0, 0.05) is 12.6 Å². The Hall–Kier alpha value is -2.12. The lowest BCUT2D eigenvalue weighted by atomic mass is 10.2. The fraction of sp³-hybridized carbons (Fsp3) is 0.368. The van der Waals surface area contributed by atoms with Crippen molar-refractivity contribution in [3.8, 4) is 5.75 Å². The van der Waals surface area contributed by atoms with Crippen molar-refractivity contribution in [1.82, 2.24) is 4.90 Å². The van der Waals surface area contributed by atoms with E-state index in [1.54, 1.807) is 12.1 Å². The molecule has 0 aliphatic carbocycles. The number of anilines is 1. The van der Waals surface area contributed by atoms with E-state index < -0.39 is 15.8 Å². The van der Waals surface area contributed by atoms with Gasteiger partial charge >= 0.3 is 0 Å². The Balaban J connectivity index is 1.62. The molecule has 1 fully saturated rings. The number of hydrogen-bond acceptors (Lipinski definition) is 4. The van der Waals surface area contributed by atoms with Crippen LogP contribution in [-0.4, -0.2) is 39.6 Å². The average molecular weight is 378 g/mol. The second kappa shape index (κ2) is 8.05. The molecule has 1 aliphatic heterocycles. The standard InChI is InChI=1S/C19H23FN2O3S/c1-15-4-7-17(8-5-15)26(23,24)21-16-6-9-19(18(20)14-16)25-13-12-22-10-2-3-11-22/h4-9,14,21H,2-3,10-13H2,1H3. The van der Waals surface area contributed by atoms with Crippen molar-refractivity contribution in [2.45, 2.75) is 24.7 Å². The largest absolute Gasteiger partial charge is 0.489 e. The Labute approximate surface area is 153 Å². The lowest BCUT2D eigenvalue weighted by molar-refractivity contribution is 0.231. The highest BCUT2D eigenvalue weighted by molar-refractivity contribution is 7.92. The number of ether oxygens (including phenoxy) is 1. The monoisotopic (exact) mass is 378 g/mol. The fourth-order valence-corrected chi connectivity index (χ4v) is 3.95. The van der Waals surface area contributed by atoms with E-state index in [1.165, 1.54) is 37.1 Å². The molecule has 0 spiro atoms. The maximum absolute atomic E-state index is 14.2. The van der Waals surface area contributed by atoms with Crippen LogP contribution in [0, 0.1) is 12.7 Å². The predicted molar refractivity (Wildman–Crippen MR) is 99.6 cm³/mol. The first-order chi connectivity index (χ1) is 12.4. The molecular formula is C19H23FN2O3S. The number of likely N-dealkylation sites (tertiary alicyclic amines) is 1. The van der Waals surface area contributed by atoms with Crippen LogP contribution in [0.2, 0.25) is 0 Å². The van der Waals surface area contributed by atoms with E-state index in [1.807, 2.05) is 6.92 Å². The molecule has 3 rings (SSSR count). The minimum atomic E-state index is -3.75. The molecule has 1 aliphatic rings. The summed E-state index contributed by atoms with van der Waals surface area (Å²) in [5, 5.41) is 0. The minimum absolute atomic E-state index is 0.127. The number of aryl methyl sites for hydroxylation is 1. The van der Waals surface area contributed by atoms with E-state index in [0.717, 1.165) is 31.3 Å². The summed E-state index contributed by atoms with van der Waals surface area (Å²) in [6, 6.07) is 10.6. The smallest absolute Gasteiger partial charge is 0.261 e. The van der Waals surface area contributed by atoms with Crippen LogP contribution < -0.4 is 9.46 Å². The molecule has 7 heteroatoms. The summed E-state index contributed by atoms with van der Waals surface area (Å²) in [7, 11) is -3.75. The second-order valence-corrected chi connectivity index (χ2v) is 8.14. The van der Waals surface area contributed by atoms with Gasteiger partial charge in [0.15, 0.2) is 11.6 Å². The maximum Gasteiger partial charge on any atom is 0.261 e. The molecular weight excluding hydrogens is 355 g/mol. The van der Waals surface area contributed by atoms with Gasteiger partial charge in [-0.05, 0) is 57.1 Å². The summed E-state index contributed by atoms with van der Waals surface area (Å²) in [4.78, 5) is 2.41. The van der Waals surface area contributed by atoms with Crippen LogP contribution in [0.5, 0.6) is 5.75 Å². The summed E-state index contributed by atoms with van der Waals surface area (Å²) >= 11 is 0. The number of benzene rings is 2. The first-order valence-electron chi connectivity index (χ1n) is 8.68. The van der Waals surface area contributed by atoms with Crippen LogP contribution in [0.15, 0.2) is 47.4 Å². The molecule has 0 unspecified atom stereocenters. The SMILES string of the molecule is Cc1ccc(S(=O)(=O)Nc2ccc(OCCN3CCCC3)c(F)c2)cc1. The molecule has 0 amide bonds. The molecule has 1 N–H and O–H groups in total. The Bertz CT molecular complexity index is 848. The van der Waals surface area contributed by atoms with Crippen LogP contribution in [0.3, 0.4) is 0 Å². The van der Waals surface area contributed by atoms with Crippen molar-refractivity contribution in [1.29, 1.82) is 0 Å². The quantitative estimate of drug-likeness (QED) is 0.802. The zero-order chi connectivity index (χ0) is 18.6. The third-order valence-electron chi connectivity index (χ3n) is 4.38. The van der Waals surface area contributed by atoms with Crippen molar-refractivity contribution < 1.29 is 17.5 Å². The molecule has 0 aromatic heterocycles. The van der Waals surface area contributed by atoms with Gasteiger partial charge in [-0.2, -0.15) is 0 Å². The van der Waals surface area contributed by atoms with Crippen LogP contribution in [0.4, 0.5) is 10.1 Å². The van der Waals surface area contributed by atoms with E-state index >= 15 is 0 Å². The molecule has 1 saturated heterocycles. The normalized spacial score (nSPS) is 15.2. The summed E-state index contributed by atoms with van der Waals surface area (Å²) in [5.74, 6) is -0.460. The maximum atomic E-state index is 14.2. The van der Waals surface area contributed by atoms with E-state index in [9.17, 15) is 12.8 Å². The van der Waals surface area contributed by atoms with Gasteiger partial charge in [0.2, 0.25) is 0 Å².